The number of hydrogen-bond acceptors (Lipinski definition) is 5. The van der Waals surface area contributed by atoms with Gasteiger partial charge in [-0.1, -0.05) is 12.1 Å². The van der Waals surface area contributed by atoms with Crippen LogP contribution in [0.4, 0.5) is 5.69 Å². The molecule has 6 heteroatoms. The van der Waals surface area contributed by atoms with Crippen molar-refractivity contribution in [2.45, 2.75) is 40.7 Å². The Morgan fingerprint density at radius 1 is 1.15 bits per heavy atom. The molecule has 0 aliphatic heterocycles. The Morgan fingerprint density at radius 2 is 1.85 bits per heavy atom. The second kappa shape index (κ2) is 8.56. The van der Waals surface area contributed by atoms with Crippen LogP contribution in [0.5, 0.6) is 5.75 Å². The van der Waals surface area contributed by atoms with Crippen LogP contribution in [0.1, 0.15) is 52.9 Å². The van der Waals surface area contributed by atoms with E-state index in [0.29, 0.717) is 41.5 Å². The molecule has 0 saturated heterocycles. The second-order valence-corrected chi connectivity index (χ2v) is 6.00. The summed E-state index contributed by atoms with van der Waals surface area (Å²) in [5, 5.41) is 3.19. The molecule has 0 fully saturated rings. The number of aryl methyl sites for hydroxylation is 1. The van der Waals surface area contributed by atoms with Crippen LogP contribution in [0.15, 0.2) is 24.3 Å². The number of ketones is 1. The average Bonchev–Trinajstić information content (AvgIpc) is 2.90. The third-order valence-electron chi connectivity index (χ3n) is 4.12. The summed E-state index contributed by atoms with van der Waals surface area (Å²) in [4.78, 5) is 28.0. The van der Waals surface area contributed by atoms with Crippen molar-refractivity contribution in [1.82, 2.24) is 4.98 Å². The molecule has 0 saturated carbocycles. The molecule has 1 aromatic heterocycles. The number of ether oxygens (including phenoxy) is 2. The van der Waals surface area contributed by atoms with Gasteiger partial charge in [0.25, 0.3) is 0 Å². The molecule has 0 amide bonds. The average molecular weight is 358 g/mol. The topological polar surface area (TPSA) is 80.4 Å². The van der Waals surface area contributed by atoms with Gasteiger partial charge in [0.1, 0.15) is 5.75 Å². The van der Waals surface area contributed by atoms with Gasteiger partial charge in [0.05, 0.1) is 36.2 Å². The number of nitrogens with one attached hydrogen (secondary N) is 2. The van der Waals surface area contributed by atoms with E-state index in [4.69, 9.17) is 9.47 Å². The van der Waals surface area contributed by atoms with E-state index in [-0.39, 0.29) is 5.78 Å². The molecule has 1 atom stereocenters. The maximum atomic E-state index is 12.9. The summed E-state index contributed by atoms with van der Waals surface area (Å²) in [7, 11) is 0. The van der Waals surface area contributed by atoms with Crippen molar-refractivity contribution >= 4 is 17.4 Å². The van der Waals surface area contributed by atoms with Gasteiger partial charge in [-0.2, -0.15) is 0 Å². The summed E-state index contributed by atoms with van der Waals surface area (Å²) in [5.74, 6) is 0.147. The molecule has 0 radical (unpaired) electrons. The maximum Gasteiger partial charge on any atom is 0.340 e. The first-order valence-corrected chi connectivity index (χ1v) is 8.79. The first-order valence-electron chi connectivity index (χ1n) is 8.79. The van der Waals surface area contributed by atoms with Crippen molar-refractivity contribution in [3.63, 3.8) is 0 Å². The van der Waals surface area contributed by atoms with Gasteiger partial charge in [-0.05, 0) is 52.3 Å². The Morgan fingerprint density at radius 3 is 2.50 bits per heavy atom. The summed E-state index contributed by atoms with van der Waals surface area (Å²) in [6.45, 7) is 9.79. The van der Waals surface area contributed by atoms with Crippen molar-refractivity contribution in [1.29, 1.82) is 0 Å². The molecule has 2 aromatic rings. The monoisotopic (exact) mass is 358 g/mol. The Bertz CT molecular complexity index is 795. The van der Waals surface area contributed by atoms with E-state index in [0.717, 1.165) is 5.69 Å². The lowest BCUT2D eigenvalue weighted by Gasteiger charge is -2.17. The van der Waals surface area contributed by atoms with E-state index < -0.39 is 12.0 Å². The number of H-pyrrole nitrogens is 1. The number of aromatic amines is 1. The Balaban J connectivity index is 2.24. The van der Waals surface area contributed by atoms with Crippen LogP contribution in [-0.2, 0) is 4.74 Å². The zero-order valence-corrected chi connectivity index (χ0v) is 15.9. The first-order chi connectivity index (χ1) is 12.4. The van der Waals surface area contributed by atoms with Crippen molar-refractivity contribution in [3.8, 4) is 5.75 Å². The van der Waals surface area contributed by atoms with Gasteiger partial charge in [0.15, 0.2) is 0 Å². The minimum atomic E-state index is -0.497. The highest BCUT2D eigenvalue weighted by Crippen LogP contribution is 2.26. The second-order valence-electron chi connectivity index (χ2n) is 6.00. The highest BCUT2D eigenvalue weighted by Gasteiger charge is 2.26. The predicted molar refractivity (Wildman–Crippen MR) is 101 cm³/mol. The summed E-state index contributed by atoms with van der Waals surface area (Å²) < 4.78 is 10.7. The van der Waals surface area contributed by atoms with Gasteiger partial charge in [-0.3, -0.25) is 4.79 Å². The van der Waals surface area contributed by atoms with Crippen LogP contribution < -0.4 is 10.1 Å². The summed E-state index contributed by atoms with van der Waals surface area (Å²) >= 11 is 0. The van der Waals surface area contributed by atoms with Crippen LogP contribution in [0, 0.1) is 13.8 Å². The van der Waals surface area contributed by atoms with Crippen LogP contribution in [0.2, 0.25) is 0 Å². The number of rotatable bonds is 8. The fraction of sp³-hybridized carbons (Fsp3) is 0.400. The van der Waals surface area contributed by atoms with Crippen LogP contribution in [0.25, 0.3) is 0 Å². The molecule has 0 unspecified atom stereocenters. The predicted octanol–water partition coefficient (Wildman–Crippen LogP) is 3.89. The number of para-hydroxylation sites is 2. The van der Waals surface area contributed by atoms with Crippen molar-refractivity contribution < 1.29 is 19.1 Å². The molecule has 0 bridgehead atoms. The zero-order chi connectivity index (χ0) is 19.3. The van der Waals surface area contributed by atoms with E-state index in [2.05, 4.69) is 10.3 Å². The molecule has 6 nitrogen and oxygen atoms in total. The highest BCUT2D eigenvalue weighted by atomic mass is 16.5. The number of aromatic nitrogens is 1. The third-order valence-corrected chi connectivity index (χ3v) is 4.12. The normalized spacial score (nSPS) is 11.7. The van der Waals surface area contributed by atoms with Crippen molar-refractivity contribution in [2.75, 3.05) is 18.5 Å². The fourth-order valence-corrected chi connectivity index (χ4v) is 2.89. The smallest absolute Gasteiger partial charge is 0.340 e. The lowest BCUT2D eigenvalue weighted by molar-refractivity contribution is 0.0525. The van der Waals surface area contributed by atoms with Crippen LogP contribution in [0.3, 0.4) is 0 Å². The minimum Gasteiger partial charge on any atom is -0.492 e. The van der Waals surface area contributed by atoms with Gasteiger partial charge in [0.2, 0.25) is 5.78 Å². The van der Waals surface area contributed by atoms with Crippen LogP contribution >= 0.6 is 0 Å². The number of hydrogen-bond donors (Lipinski definition) is 2. The van der Waals surface area contributed by atoms with Gasteiger partial charge in [0, 0.05) is 5.69 Å². The number of carbonyl (C=O) groups is 2. The molecule has 26 heavy (non-hydrogen) atoms. The molecular weight excluding hydrogens is 332 g/mol. The molecule has 2 N–H and O–H groups in total. The molecule has 0 spiro atoms. The highest BCUT2D eigenvalue weighted by molar-refractivity contribution is 6.04. The van der Waals surface area contributed by atoms with E-state index in [9.17, 15) is 9.59 Å². The molecule has 1 heterocycles. The number of carbonyl (C=O) groups excluding carboxylic acids is 2. The number of anilines is 1. The standard InChI is InChI=1S/C20H26N2O4/c1-6-25-16-11-9-8-10-15(16)21-14(5)19(23)18-12(3)17(13(4)22-18)20(24)26-7-2/h8-11,14,21-22H,6-7H2,1-5H3/t14-/m0/s1. The maximum absolute atomic E-state index is 12.9. The summed E-state index contributed by atoms with van der Waals surface area (Å²) in [6.07, 6.45) is 0. The van der Waals surface area contributed by atoms with Crippen LogP contribution in [-0.4, -0.2) is 36.0 Å². The van der Waals surface area contributed by atoms with Gasteiger partial charge in [-0.25, -0.2) is 4.79 Å². The van der Waals surface area contributed by atoms with E-state index in [1.54, 1.807) is 27.7 Å². The van der Waals surface area contributed by atoms with E-state index >= 15 is 0 Å². The molecular formula is C20H26N2O4. The zero-order valence-electron chi connectivity index (χ0n) is 15.9. The minimum absolute atomic E-state index is 0.132. The van der Waals surface area contributed by atoms with E-state index in [1.165, 1.54) is 0 Å². The first kappa shape index (κ1) is 19.6. The van der Waals surface area contributed by atoms with Crippen molar-refractivity contribution in [2.24, 2.45) is 0 Å². The lowest BCUT2D eigenvalue weighted by Crippen LogP contribution is -2.27. The Kier molecular flexibility index (Phi) is 6.44. The molecule has 140 valence electrons. The Hall–Kier alpha value is -2.76. The summed E-state index contributed by atoms with van der Waals surface area (Å²) in [5.41, 5.74) is 2.84. The van der Waals surface area contributed by atoms with Gasteiger partial charge < -0.3 is 19.8 Å². The SMILES string of the molecule is CCOC(=O)c1c(C)[nH]c(C(=O)[C@H](C)Nc2ccccc2OCC)c1C. The van der Waals surface area contributed by atoms with Gasteiger partial charge in [-0.15, -0.1) is 0 Å². The largest absolute Gasteiger partial charge is 0.492 e. The fourth-order valence-electron chi connectivity index (χ4n) is 2.89. The molecule has 0 aliphatic rings. The molecule has 1 aromatic carbocycles. The van der Waals surface area contributed by atoms with Crippen molar-refractivity contribution in [3.05, 3.63) is 46.8 Å². The molecule has 2 rings (SSSR count). The third kappa shape index (κ3) is 4.07. The van der Waals surface area contributed by atoms with Gasteiger partial charge >= 0.3 is 5.97 Å². The number of Topliss-reactive ketones (excluding diaryl/α,β-unsaturated/α-hetero) is 1. The summed E-state index contributed by atoms with van der Waals surface area (Å²) in [6, 6.07) is 6.98. The molecule has 0 aliphatic carbocycles. The van der Waals surface area contributed by atoms with E-state index in [1.807, 2.05) is 31.2 Å². The lowest BCUT2D eigenvalue weighted by atomic mass is 10.0. The quantitative estimate of drug-likeness (QED) is 0.553. The number of esters is 1. The number of benzene rings is 1. The Labute approximate surface area is 153 Å².